The molecule has 9 heteroatoms. The minimum absolute atomic E-state index is 0. The molecule has 2 heterocycles. The van der Waals surface area contributed by atoms with Crippen LogP contribution in [0, 0.1) is 5.92 Å². The molecule has 1 fully saturated rings. The van der Waals surface area contributed by atoms with Crippen LogP contribution in [0.3, 0.4) is 0 Å². The van der Waals surface area contributed by atoms with Gasteiger partial charge in [-0.1, -0.05) is 29.8 Å². The molecule has 5 rings (SSSR count). The summed E-state index contributed by atoms with van der Waals surface area (Å²) in [4.78, 5) is 14.3. The van der Waals surface area contributed by atoms with E-state index in [1.165, 1.54) is 16.7 Å². The lowest BCUT2D eigenvalue weighted by atomic mass is 9.90. The van der Waals surface area contributed by atoms with Gasteiger partial charge in [0.25, 0.3) is 0 Å². The number of aromatic nitrogens is 2. The molecule has 0 bridgehead atoms. The number of halogens is 3. The van der Waals surface area contributed by atoms with Gasteiger partial charge in [-0.15, -0.1) is 24.0 Å². The van der Waals surface area contributed by atoms with Gasteiger partial charge in [0.1, 0.15) is 17.9 Å². The SMILES string of the molecule is CCOC(=O)C1CCN(C(Cl)C2=Cc3ccc(OCc4ccc5c(c4)c(Cl)nn5C(C)C)cc3CC2)CC1.Cl. The monoisotopic (exact) mass is 591 g/mol. The Bertz CT molecular complexity index is 1350. The average molecular weight is 593 g/mol. The number of rotatable bonds is 8. The third kappa shape index (κ3) is 6.57. The van der Waals surface area contributed by atoms with E-state index in [0.29, 0.717) is 18.4 Å². The van der Waals surface area contributed by atoms with Crippen LogP contribution in [0.1, 0.15) is 62.8 Å². The van der Waals surface area contributed by atoms with Gasteiger partial charge in [0, 0.05) is 24.5 Å². The number of hydrogen-bond acceptors (Lipinski definition) is 5. The third-order valence-electron chi connectivity index (χ3n) is 7.53. The Kier molecular flexibility index (Phi) is 9.87. The van der Waals surface area contributed by atoms with Crippen molar-refractivity contribution in [2.24, 2.45) is 5.92 Å². The Balaban J connectivity index is 0.00000353. The number of piperidine rings is 1. The normalized spacial score (nSPS) is 16.9. The van der Waals surface area contributed by atoms with Gasteiger partial charge in [0.2, 0.25) is 0 Å². The third-order valence-corrected chi connectivity index (χ3v) is 8.37. The van der Waals surface area contributed by atoms with Crippen molar-refractivity contribution in [3.8, 4) is 5.75 Å². The fraction of sp³-hybridized carbons (Fsp3) is 0.467. The number of carbonyl (C=O) groups is 1. The van der Waals surface area contributed by atoms with Gasteiger partial charge < -0.3 is 9.47 Å². The molecule has 0 radical (unpaired) electrons. The Morgan fingerprint density at radius 2 is 1.90 bits per heavy atom. The smallest absolute Gasteiger partial charge is 0.309 e. The molecule has 1 aliphatic heterocycles. The molecule has 39 heavy (non-hydrogen) atoms. The van der Waals surface area contributed by atoms with Crippen LogP contribution in [0.5, 0.6) is 5.75 Å². The number of benzene rings is 2. The number of fused-ring (bicyclic) bond motifs is 2. The Morgan fingerprint density at radius 1 is 1.13 bits per heavy atom. The summed E-state index contributed by atoms with van der Waals surface area (Å²) in [5.74, 6) is 0.771. The topological polar surface area (TPSA) is 56.6 Å². The maximum atomic E-state index is 12.1. The molecule has 1 aromatic heterocycles. The van der Waals surface area contributed by atoms with Crippen molar-refractivity contribution >= 4 is 58.6 Å². The van der Waals surface area contributed by atoms with E-state index in [1.807, 2.05) is 17.7 Å². The maximum absolute atomic E-state index is 12.1. The molecule has 1 saturated heterocycles. The van der Waals surface area contributed by atoms with Crippen molar-refractivity contribution in [1.82, 2.24) is 14.7 Å². The zero-order valence-electron chi connectivity index (χ0n) is 22.7. The van der Waals surface area contributed by atoms with Gasteiger partial charge in [-0.2, -0.15) is 5.10 Å². The molecule has 1 aliphatic carbocycles. The molecule has 1 atom stereocenters. The fourth-order valence-corrected chi connectivity index (χ4v) is 6.03. The largest absolute Gasteiger partial charge is 0.489 e. The van der Waals surface area contributed by atoms with Crippen molar-refractivity contribution in [3.05, 3.63) is 63.8 Å². The number of ether oxygens (including phenoxy) is 2. The van der Waals surface area contributed by atoms with Crippen LogP contribution >= 0.6 is 35.6 Å². The zero-order chi connectivity index (χ0) is 26.8. The second-order valence-corrected chi connectivity index (χ2v) is 11.2. The number of nitrogens with zero attached hydrogens (tertiary/aromatic N) is 3. The quantitative estimate of drug-likeness (QED) is 0.155. The van der Waals surface area contributed by atoms with E-state index in [4.69, 9.17) is 32.7 Å². The average Bonchev–Trinajstić information content (AvgIpc) is 3.27. The number of aryl methyl sites for hydroxylation is 1. The Morgan fingerprint density at radius 3 is 2.62 bits per heavy atom. The molecule has 2 aromatic carbocycles. The van der Waals surface area contributed by atoms with Gasteiger partial charge >= 0.3 is 5.97 Å². The zero-order valence-corrected chi connectivity index (χ0v) is 25.0. The number of alkyl halides is 1. The van der Waals surface area contributed by atoms with Gasteiger partial charge in [0.05, 0.1) is 18.0 Å². The number of carbonyl (C=O) groups excluding carboxylic acids is 1. The molecule has 0 N–H and O–H groups in total. The highest BCUT2D eigenvalue weighted by Gasteiger charge is 2.30. The predicted octanol–water partition coefficient (Wildman–Crippen LogP) is 7.44. The first-order valence-electron chi connectivity index (χ1n) is 13.5. The summed E-state index contributed by atoms with van der Waals surface area (Å²) >= 11 is 13.3. The maximum Gasteiger partial charge on any atom is 0.309 e. The molecule has 3 aromatic rings. The summed E-state index contributed by atoms with van der Waals surface area (Å²) in [6.45, 7) is 8.56. The van der Waals surface area contributed by atoms with Crippen molar-refractivity contribution in [2.45, 2.75) is 64.6 Å². The van der Waals surface area contributed by atoms with Crippen molar-refractivity contribution in [2.75, 3.05) is 19.7 Å². The van der Waals surface area contributed by atoms with Crippen molar-refractivity contribution in [1.29, 1.82) is 0 Å². The second kappa shape index (κ2) is 12.9. The van der Waals surface area contributed by atoms with Crippen LogP contribution in [-0.2, 0) is 22.6 Å². The minimum Gasteiger partial charge on any atom is -0.489 e. The lowest BCUT2D eigenvalue weighted by Gasteiger charge is -2.35. The van der Waals surface area contributed by atoms with Gasteiger partial charge in [-0.3, -0.25) is 14.4 Å². The van der Waals surface area contributed by atoms with Crippen LogP contribution in [0.2, 0.25) is 5.15 Å². The number of likely N-dealkylation sites (tertiary alicyclic amines) is 1. The highest BCUT2D eigenvalue weighted by Crippen LogP contribution is 2.34. The molecule has 2 aliphatic rings. The number of hydrogen-bond donors (Lipinski definition) is 0. The first-order chi connectivity index (χ1) is 18.3. The molecule has 6 nitrogen and oxygen atoms in total. The van der Waals surface area contributed by atoms with Gasteiger partial charge in [-0.25, -0.2) is 0 Å². The van der Waals surface area contributed by atoms with E-state index in [0.717, 1.165) is 61.0 Å². The highest BCUT2D eigenvalue weighted by atomic mass is 35.5. The second-order valence-electron chi connectivity index (χ2n) is 10.4. The fourth-order valence-electron chi connectivity index (χ4n) is 5.43. The first-order valence-corrected chi connectivity index (χ1v) is 14.3. The van der Waals surface area contributed by atoms with Gasteiger partial charge in [-0.05, 0) is 93.0 Å². The summed E-state index contributed by atoms with van der Waals surface area (Å²) in [7, 11) is 0. The molecule has 210 valence electrons. The van der Waals surface area contributed by atoms with Gasteiger partial charge in [0.15, 0.2) is 5.15 Å². The first kappa shape index (κ1) is 29.7. The van der Waals surface area contributed by atoms with Crippen LogP contribution in [0.4, 0.5) is 0 Å². The van der Waals surface area contributed by atoms with Crippen LogP contribution in [0.25, 0.3) is 17.0 Å². The molecular formula is C30H36Cl3N3O3. The predicted molar refractivity (Wildman–Crippen MR) is 160 cm³/mol. The van der Waals surface area contributed by atoms with Crippen molar-refractivity contribution in [3.63, 3.8) is 0 Å². The summed E-state index contributed by atoms with van der Waals surface area (Å²) in [5.41, 5.74) is 5.64. The standard InChI is InChI=1S/C30H35Cl2N3O3.ClH/c1-4-37-30(36)21-11-13-34(14-12-21)29(32)24-7-6-23-17-25(9-8-22(23)16-24)38-18-20-5-10-27-26(15-20)28(31)33-35(27)19(2)3;/h5,8-10,15-17,19,21,29H,4,6-7,11-14,18H2,1-3H3;1H. The lowest BCUT2D eigenvalue weighted by molar-refractivity contribution is -0.149. The Labute approximate surface area is 246 Å². The molecular weight excluding hydrogens is 557 g/mol. The van der Waals surface area contributed by atoms with E-state index in [9.17, 15) is 4.79 Å². The molecule has 1 unspecified atom stereocenters. The number of esters is 1. The van der Waals surface area contributed by atoms with Crippen molar-refractivity contribution < 1.29 is 14.3 Å². The van der Waals surface area contributed by atoms with E-state index >= 15 is 0 Å². The van der Waals surface area contributed by atoms with E-state index in [2.05, 4.69) is 60.3 Å². The molecule has 0 spiro atoms. The summed E-state index contributed by atoms with van der Waals surface area (Å²) in [6.07, 6.45) is 5.66. The Hall–Kier alpha value is -2.25. The van der Waals surface area contributed by atoms with Crippen LogP contribution in [-0.4, -0.2) is 45.8 Å². The van der Waals surface area contributed by atoms with Crippen LogP contribution < -0.4 is 4.74 Å². The summed E-state index contributed by atoms with van der Waals surface area (Å²) < 4.78 is 13.3. The van der Waals surface area contributed by atoms with E-state index in [-0.39, 0.29) is 35.8 Å². The van der Waals surface area contributed by atoms with E-state index < -0.39 is 0 Å². The van der Waals surface area contributed by atoms with E-state index in [1.54, 1.807) is 0 Å². The molecule has 0 saturated carbocycles. The van der Waals surface area contributed by atoms with Crippen LogP contribution in [0.15, 0.2) is 42.0 Å². The summed E-state index contributed by atoms with van der Waals surface area (Å²) in [5, 5.41) is 5.94. The summed E-state index contributed by atoms with van der Waals surface area (Å²) in [6, 6.07) is 12.7. The highest BCUT2D eigenvalue weighted by molar-refractivity contribution is 6.34. The molecule has 0 amide bonds. The minimum atomic E-state index is -0.149. The lowest BCUT2D eigenvalue weighted by Crippen LogP contribution is -2.41.